The van der Waals surface area contributed by atoms with Crippen LogP contribution in [0.15, 0.2) is 18.2 Å². The summed E-state index contributed by atoms with van der Waals surface area (Å²) in [6.07, 6.45) is -0.860. The van der Waals surface area contributed by atoms with E-state index in [-0.39, 0.29) is 5.75 Å². The molecule has 0 aliphatic carbocycles. The third-order valence-corrected chi connectivity index (χ3v) is 1.59. The first-order chi connectivity index (χ1) is 5.59. The van der Waals surface area contributed by atoms with Crippen LogP contribution in [0.3, 0.4) is 0 Å². The summed E-state index contributed by atoms with van der Waals surface area (Å²) in [5.41, 5.74) is 5.81. The van der Waals surface area contributed by atoms with Crippen molar-refractivity contribution in [2.45, 2.75) is 6.92 Å². The summed E-state index contributed by atoms with van der Waals surface area (Å²) in [6.45, 7) is 1.89. The Bertz CT molecular complexity index is 312. The van der Waals surface area contributed by atoms with E-state index in [4.69, 9.17) is 17.3 Å². The van der Waals surface area contributed by atoms with E-state index in [0.29, 0.717) is 5.02 Å². The Balaban J connectivity index is 2.93. The normalized spacial score (nSPS) is 9.50. The second-order valence-corrected chi connectivity index (χ2v) is 2.76. The molecule has 0 unspecified atom stereocenters. The number of hydrogen-bond donors (Lipinski definition) is 1. The molecule has 0 saturated heterocycles. The minimum Gasteiger partial charge on any atom is -0.409 e. The Morgan fingerprint density at radius 3 is 2.75 bits per heavy atom. The van der Waals surface area contributed by atoms with Crippen molar-refractivity contribution < 1.29 is 9.53 Å². The van der Waals surface area contributed by atoms with Gasteiger partial charge in [0.05, 0.1) is 5.02 Å². The number of benzene rings is 1. The molecule has 0 aromatic heterocycles. The molecule has 0 atom stereocenters. The number of nitrogens with two attached hydrogens (primary N) is 1. The zero-order chi connectivity index (χ0) is 9.14. The number of carbonyl (C=O) groups excluding carboxylic acids is 1. The highest BCUT2D eigenvalue weighted by atomic mass is 35.5. The lowest BCUT2D eigenvalue weighted by Crippen LogP contribution is -2.16. The molecule has 0 fully saturated rings. The lowest BCUT2D eigenvalue weighted by molar-refractivity contribution is 0.211. The van der Waals surface area contributed by atoms with Gasteiger partial charge in [0.1, 0.15) is 0 Å². The van der Waals surface area contributed by atoms with Crippen LogP contribution in [0.4, 0.5) is 4.79 Å². The maximum absolute atomic E-state index is 10.3. The van der Waals surface area contributed by atoms with E-state index in [9.17, 15) is 4.79 Å². The van der Waals surface area contributed by atoms with Crippen LogP contribution in [0.25, 0.3) is 0 Å². The van der Waals surface area contributed by atoms with Gasteiger partial charge in [-0.3, -0.25) is 0 Å². The molecular formula is C8H8ClNO2. The Hall–Kier alpha value is -1.22. The Labute approximate surface area is 75.1 Å². The number of carbonyl (C=O) groups is 1. The highest BCUT2D eigenvalue weighted by molar-refractivity contribution is 6.32. The van der Waals surface area contributed by atoms with Crippen molar-refractivity contribution in [2.75, 3.05) is 0 Å². The second-order valence-electron chi connectivity index (χ2n) is 2.35. The van der Waals surface area contributed by atoms with Crippen LogP contribution >= 0.6 is 11.6 Å². The molecule has 2 N–H and O–H groups in total. The van der Waals surface area contributed by atoms with Gasteiger partial charge in [-0.25, -0.2) is 4.79 Å². The SMILES string of the molecule is Cc1ccc(OC(N)=O)c(Cl)c1. The van der Waals surface area contributed by atoms with Gasteiger partial charge in [-0.2, -0.15) is 0 Å². The highest BCUT2D eigenvalue weighted by Gasteiger charge is 2.03. The van der Waals surface area contributed by atoms with Crippen LogP contribution < -0.4 is 10.5 Å². The third-order valence-electron chi connectivity index (χ3n) is 1.30. The molecule has 64 valence electrons. The molecule has 1 aromatic carbocycles. The molecule has 1 amide bonds. The minimum absolute atomic E-state index is 0.287. The summed E-state index contributed by atoms with van der Waals surface area (Å²) in [7, 11) is 0. The van der Waals surface area contributed by atoms with Gasteiger partial charge in [-0.1, -0.05) is 17.7 Å². The van der Waals surface area contributed by atoms with Gasteiger partial charge in [0.15, 0.2) is 5.75 Å². The fourth-order valence-electron chi connectivity index (χ4n) is 0.797. The van der Waals surface area contributed by atoms with Crippen LogP contribution in [-0.4, -0.2) is 6.09 Å². The van der Waals surface area contributed by atoms with Gasteiger partial charge in [-0.15, -0.1) is 0 Å². The van der Waals surface area contributed by atoms with Gasteiger partial charge in [0.25, 0.3) is 0 Å². The quantitative estimate of drug-likeness (QED) is 0.729. The third kappa shape index (κ3) is 2.13. The number of aryl methyl sites for hydroxylation is 1. The summed E-state index contributed by atoms with van der Waals surface area (Å²) in [6, 6.07) is 5.08. The predicted octanol–water partition coefficient (Wildman–Crippen LogP) is 2.11. The van der Waals surface area contributed by atoms with E-state index in [1.807, 2.05) is 6.92 Å². The van der Waals surface area contributed by atoms with Crippen molar-refractivity contribution in [3.8, 4) is 5.75 Å². The standard InChI is InChI=1S/C8H8ClNO2/c1-5-2-3-7(6(9)4-5)12-8(10)11/h2-4H,1H3,(H2,10,11). The molecule has 0 aliphatic heterocycles. The van der Waals surface area contributed by atoms with E-state index >= 15 is 0 Å². The Morgan fingerprint density at radius 2 is 2.25 bits per heavy atom. The molecule has 0 saturated carbocycles. The summed E-state index contributed by atoms with van der Waals surface area (Å²) >= 11 is 5.74. The number of halogens is 1. The van der Waals surface area contributed by atoms with Crippen LogP contribution in [0.1, 0.15) is 5.56 Å². The Morgan fingerprint density at radius 1 is 1.58 bits per heavy atom. The second kappa shape index (κ2) is 3.45. The zero-order valence-electron chi connectivity index (χ0n) is 6.50. The average molecular weight is 186 g/mol. The van der Waals surface area contributed by atoms with Gasteiger partial charge >= 0.3 is 6.09 Å². The Kier molecular flexibility index (Phi) is 2.55. The van der Waals surface area contributed by atoms with Gasteiger partial charge in [-0.05, 0) is 24.6 Å². The number of hydrogen-bond acceptors (Lipinski definition) is 2. The average Bonchev–Trinajstić information content (AvgIpc) is 1.94. The van der Waals surface area contributed by atoms with E-state index in [1.54, 1.807) is 18.2 Å². The molecule has 0 bridgehead atoms. The number of ether oxygens (including phenoxy) is 1. The number of amides is 1. The van der Waals surface area contributed by atoms with E-state index < -0.39 is 6.09 Å². The molecule has 1 aromatic rings. The number of rotatable bonds is 1. The first kappa shape index (κ1) is 8.87. The molecule has 4 heteroatoms. The van der Waals surface area contributed by atoms with Crippen molar-refractivity contribution in [3.63, 3.8) is 0 Å². The maximum atomic E-state index is 10.3. The lowest BCUT2D eigenvalue weighted by Gasteiger charge is -2.02. The molecule has 0 spiro atoms. The predicted molar refractivity (Wildman–Crippen MR) is 46.4 cm³/mol. The first-order valence-electron chi connectivity index (χ1n) is 3.33. The van der Waals surface area contributed by atoms with Crippen LogP contribution in [0.2, 0.25) is 5.02 Å². The minimum atomic E-state index is -0.860. The van der Waals surface area contributed by atoms with E-state index in [0.717, 1.165) is 5.56 Å². The van der Waals surface area contributed by atoms with Crippen LogP contribution in [0, 0.1) is 6.92 Å². The summed E-state index contributed by atoms with van der Waals surface area (Å²) in [5.74, 6) is 0.287. The largest absolute Gasteiger partial charge is 0.410 e. The topological polar surface area (TPSA) is 52.3 Å². The molecule has 3 nitrogen and oxygen atoms in total. The van der Waals surface area contributed by atoms with Crippen molar-refractivity contribution in [2.24, 2.45) is 5.73 Å². The van der Waals surface area contributed by atoms with Crippen LogP contribution in [-0.2, 0) is 0 Å². The molecular weight excluding hydrogens is 178 g/mol. The highest BCUT2D eigenvalue weighted by Crippen LogP contribution is 2.24. The van der Waals surface area contributed by atoms with Crippen molar-refractivity contribution in [1.82, 2.24) is 0 Å². The maximum Gasteiger partial charge on any atom is 0.410 e. The van der Waals surface area contributed by atoms with E-state index in [1.165, 1.54) is 0 Å². The molecule has 0 heterocycles. The van der Waals surface area contributed by atoms with Gasteiger partial charge in [0.2, 0.25) is 0 Å². The summed E-state index contributed by atoms with van der Waals surface area (Å²) in [4.78, 5) is 10.3. The fourth-order valence-corrected chi connectivity index (χ4v) is 1.07. The number of primary amides is 1. The lowest BCUT2D eigenvalue weighted by atomic mass is 10.2. The molecule has 12 heavy (non-hydrogen) atoms. The summed E-state index contributed by atoms with van der Waals surface area (Å²) < 4.78 is 4.61. The monoisotopic (exact) mass is 185 g/mol. The summed E-state index contributed by atoms with van der Waals surface area (Å²) in [5, 5.41) is 0.383. The molecule has 0 aliphatic rings. The van der Waals surface area contributed by atoms with Gasteiger partial charge < -0.3 is 10.5 Å². The van der Waals surface area contributed by atoms with E-state index in [2.05, 4.69) is 4.74 Å². The molecule has 1 rings (SSSR count). The zero-order valence-corrected chi connectivity index (χ0v) is 7.26. The fraction of sp³-hybridized carbons (Fsp3) is 0.125. The van der Waals surface area contributed by atoms with Gasteiger partial charge in [0, 0.05) is 0 Å². The smallest absolute Gasteiger partial charge is 0.409 e. The van der Waals surface area contributed by atoms with Crippen molar-refractivity contribution >= 4 is 17.7 Å². The first-order valence-corrected chi connectivity index (χ1v) is 3.71. The molecule has 0 radical (unpaired) electrons. The van der Waals surface area contributed by atoms with Crippen LogP contribution in [0.5, 0.6) is 5.75 Å². The van der Waals surface area contributed by atoms with Crippen molar-refractivity contribution in [3.05, 3.63) is 28.8 Å². The van der Waals surface area contributed by atoms with Crippen molar-refractivity contribution in [1.29, 1.82) is 0 Å².